The van der Waals surface area contributed by atoms with Crippen molar-refractivity contribution in [2.24, 2.45) is 5.10 Å². The molecule has 0 fully saturated rings. The fourth-order valence-electron chi connectivity index (χ4n) is 2.91. The Bertz CT molecular complexity index is 1250. The normalized spacial score (nSPS) is 11.1. The van der Waals surface area contributed by atoms with Crippen molar-refractivity contribution >= 4 is 34.7 Å². The molecule has 0 atom stereocenters. The number of nitrogens with one attached hydrogen (secondary N) is 1. The van der Waals surface area contributed by atoms with E-state index in [-0.39, 0.29) is 5.56 Å². The summed E-state index contributed by atoms with van der Waals surface area (Å²) in [6, 6.07) is 21.7. The van der Waals surface area contributed by atoms with Crippen LogP contribution in [0.1, 0.15) is 5.56 Å². The first-order valence-corrected chi connectivity index (χ1v) is 9.24. The molecule has 0 spiro atoms. The van der Waals surface area contributed by atoms with Gasteiger partial charge >= 0.3 is 0 Å². The molecule has 7 heteroatoms. The van der Waals surface area contributed by atoms with Crippen LogP contribution in [-0.2, 0) is 0 Å². The minimum Gasteiger partial charge on any atom is -0.497 e. The summed E-state index contributed by atoms with van der Waals surface area (Å²) in [6.45, 7) is 0. The molecule has 0 aliphatic carbocycles. The number of benzene rings is 3. The van der Waals surface area contributed by atoms with Crippen molar-refractivity contribution in [3.8, 4) is 11.4 Å². The average Bonchev–Trinajstić information content (AvgIpc) is 2.75. The van der Waals surface area contributed by atoms with Gasteiger partial charge in [-0.15, -0.1) is 0 Å². The fraction of sp³-hybridized carbons (Fsp3) is 0.0455. The van der Waals surface area contributed by atoms with Gasteiger partial charge in [-0.3, -0.25) is 4.79 Å². The van der Waals surface area contributed by atoms with E-state index < -0.39 is 0 Å². The van der Waals surface area contributed by atoms with Crippen LogP contribution in [0.4, 0.5) is 5.95 Å². The Labute approximate surface area is 172 Å². The maximum absolute atomic E-state index is 13.2. The number of hydrazone groups is 1. The summed E-state index contributed by atoms with van der Waals surface area (Å²) in [6.07, 6.45) is 1.63. The Hall–Kier alpha value is -3.64. The number of anilines is 1. The number of fused-ring (bicyclic) bond motifs is 1. The molecule has 4 aromatic rings. The first-order chi connectivity index (χ1) is 14.2. The number of nitrogens with zero attached hydrogens (tertiary/aromatic N) is 3. The summed E-state index contributed by atoms with van der Waals surface area (Å²) >= 11 is 5.91. The van der Waals surface area contributed by atoms with Crippen LogP contribution in [0.5, 0.6) is 5.75 Å². The highest BCUT2D eigenvalue weighted by molar-refractivity contribution is 6.30. The predicted octanol–water partition coefficient (Wildman–Crippen LogP) is 4.49. The minimum atomic E-state index is -0.201. The van der Waals surface area contributed by atoms with Crippen LogP contribution in [0.3, 0.4) is 0 Å². The topological polar surface area (TPSA) is 68.5 Å². The SMILES string of the molecule is COc1cccc(-n2c(N/N=C\c3ccc(Cl)cc3)nc3ccccc3c2=O)c1. The predicted molar refractivity (Wildman–Crippen MR) is 117 cm³/mol. The lowest BCUT2D eigenvalue weighted by atomic mass is 10.2. The van der Waals surface area contributed by atoms with E-state index >= 15 is 0 Å². The molecule has 6 nitrogen and oxygen atoms in total. The van der Waals surface area contributed by atoms with E-state index in [1.54, 1.807) is 43.7 Å². The summed E-state index contributed by atoms with van der Waals surface area (Å²) in [5.41, 5.74) is 4.76. The third-order valence-electron chi connectivity index (χ3n) is 4.34. The van der Waals surface area contributed by atoms with Gasteiger partial charge in [-0.05, 0) is 42.0 Å². The number of halogens is 1. The van der Waals surface area contributed by atoms with Gasteiger partial charge in [-0.25, -0.2) is 15.0 Å². The molecule has 0 unspecified atom stereocenters. The number of ether oxygens (including phenoxy) is 1. The largest absolute Gasteiger partial charge is 0.497 e. The molecular weight excluding hydrogens is 388 g/mol. The van der Waals surface area contributed by atoms with Gasteiger partial charge in [0.15, 0.2) is 0 Å². The Kier molecular flexibility index (Phi) is 5.27. The lowest BCUT2D eigenvalue weighted by Crippen LogP contribution is -2.22. The second kappa shape index (κ2) is 8.16. The Morgan fingerprint density at radius 1 is 1.07 bits per heavy atom. The second-order valence-corrected chi connectivity index (χ2v) is 6.65. The fourth-order valence-corrected chi connectivity index (χ4v) is 3.04. The van der Waals surface area contributed by atoms with Gasteiger partial charge in [-0.1, -0.05) is 41.9 Å². The summed E-state index contributed by atoms with van der Waals surface area (Å²) in [5.74, 6) is 0.936. The van der Waals surface area contributed by atoms with Gasteiger partial charge < -0.3 is 4.74 Å². The third kappa shape index (κ3) is 3.97. The standard InChI is InChI=1S/C22H17ClN4O2/c1-29-18-6-4-5-17(13-18)27-21(28)19-7-2-3-8-20(19)25-22(27)26-24-14-15-9-11-16(23)12-10-15/h2-14H,1H3,(H,25,26)/b24-14-. The molecule has 0 aliphatic heterocycles. The number of methoxy groups -OCH3 is 1. The zero-order valence-electron chi connectivity index (χ0n) is 15.5. The Morgan fingerprint density at radius 3 is 2.66 bits per heavy atom. The van der Waals surface area contributed by atoms with E-state index in [2.05, 4.69) is 15.5 Å². The number of rotatable bonds is 5. The highest BCUT2D eigenvalue weighted by atomic mass is 35.5. The van der Waals surface area contributed by atoms with Crippen LogP contribution in [0.15, 0.2) is 82.7 Å². The zero-order valence-corrected chi connectivity index (χ0v) is 16.3. The first kappa shape index (κ1) is 18.7. The first-order valence-electron chi connectivity index (χ1n) is 8.86. The van der Waals surface area contributed by atoms with E-state index in [0.29, 0.717) is 33.3 Å². The summed E-state index contributed by atoms with van der Waals surface area (Å²) in [4.78, 5) is 17.8. The maximum atomic E-state index is 13.2. The van der Waals surface area contributed by atoms with Crippen molar-refractivity contribution in [1.29, 1.82) is 0 Å². The van der Waals surface area contributed by atoms with Crippen LogP contribution < -0.4 is 15.7 Å². The summed E-state index contributed by atoms with van der Waals surface area (Å²) in [7, 11) is 1.58. The molecular formula is C22H17ClN4O2. The number of para-hydroxylation sites is 1. The lowest BCUT2D eigenvalue weighted by Gasteiger charge is -2.13. The molecule has 0 saturated heterocycles. The minimum absolute atomic E-state index is 0.201. The maximum Gasteiger partial charge on any atom is 0.267 e. The van der Waals surface area contributed by atoms with Crippen molar-refractivity contribution in [3.63, 3.8) is 0 Å². The molecule has 0 saturated carbocycles. The Balaban J connectivity index is 1.80. The van der Waals surface area contributed by atoms with Crippen molar-refractivity contribution in [3.05, 3.63) is 93.7 Å². The van der Waals surface area contributed by atoms with E-state index in [9.17, 15) is 4.79 Å². The molecule has 3 aromatic carbocycles. The molecule has 0 amide bonds. The molecule has 0 radical (unpaired) electrons. The summed E-state index contributed by atoms with van der Waals surface area (Å²) in [5, 5.41) is 5.41. The second-order valence-electron chi connectivity index (χ2n) is 6.22. The van der Waals surface area contributed by atoms with Crippen molar-refractivity contribution in [1.82, 2.24) is 9.55 Å². The van der Waals surface area contributed by atoms with E-state index in [0.717, 1.165) is 5.56 Å². The number of hydrogen-bond donors (Lipinski definition) is 1. The third-order valence-corrected chi connectivity index (χ3v) is 4.59. The summed E-state index contributed by atoms with van der Waals surface area (Å²) < 4.78 is 6.77. The molecule has 0 aliphatic rings. The van der Waals surface area contributed by atoms with Gasteiger partial charge in [0, 0.05) is 11.1 Å². The number of hydrogen-bond acceptors (Lipinski definition) is 5. The highest BCUT2D eigenvalue weighted by Gasteiger charge is 2.13. The highest BCUT2D eigenvalue weighted by Crippen LogP contribution is 2.20. The van der Waals surface area contributed by atoms with Crippen LogP contribution in [0.2, 0.25) is 5.02 Å². The molecule has 29 heavy (non-hydrogen) atoms. The average molecular weight is 405 g/mol. The van der Waals surface area contributed by atoms with Crippen molar-refractivity contribution in [2.75, 3.05) is 12.5 Å². The van der Waals surface area contributed by atoms with Crippen LogP contribution in [0.25, 0.3) is 16.6 Å². The van der Waals surface area contributed by atoms with E-state index in [1.807, 2.05) is 42.5 Å². The molecule has 1 N–H and O–H groups in total. The van der Waals surface area contributed by atoms with E-state index in [1.165, 1.54) is 4.57 Å². The van der Waals surface area contributed by atoms with Gasteiger partial charge in [0.25, 0.3) is 5.56 Å². The molecule has 0 bridgehead atoms. The van der Waals surface area contributed by atoms with Crippen LogP contribution >= 0.6 is 11.6 Å². The van der Waals surface area contributed by atoms with Crippen LogP contribution in [0, 0.1) is 0 Å². The molecule has 1 aromatic heterocycles. The van der Waals surface area contributed by atoms with Crippen molar-refractivity contribution < 1.29 is 4.74 Å². The monoisotopic (exact) mass is 404 g/mol. The number of aromatic nitrogens is 2. The van der Waals surface area contributed by atoms with Crippen molar-refractivity contribution in [2.45, 2.75) is 0 Å². The van der Waals surface area contributed by atoms with Gasteiger partial charge in [-0.2, -0.15) is 5.10 Å². The quantitative estimate of drug-likeness (QED) is 0.393. The molecule has 4 rings (SSSR count). The molecule has 144 valence electrons. The van der Waals surface area contributed by atoms with Gasteiger partial charge in [0.2, 0.25) is 5.95 Å². The van der Waals surface area contributed by atoms with Gasteiger partial charge in [0.1, 0.15) is 5.75 Å². The molecule has 1 heterocycles. The zero-order chi connectivity index (χ0) is 20.2. The smallest absolute Gasteiger partial charge is 0.267 e. The Morgan fingerprint density at radius 2 is 1.86 bits per heavy atom. The van der Waals surface area contributed by atoms with Crippen LogP contribution in [-0.4, -0.2) is 22.9 Å². The van der Waals surface area contributed by atoms with Gasteiger partial charge in [0.05, 0.1) is 29.9 Å². The van der Waals surface area contributed by atoms with E-state index in [4.69, 9.17) is 16.3 Å². The lowest BCUT2D eigenvalue weighted by molar-refractivity contribution is 0.414.